The summed E-state index contributed by atoms with van der Waals surface area (Å²) < 4.78 is 24.3. The van der Waals surface area contributed by atoms with E-state index in [0.29, 0.717) is 17.9 Å². The number of aromatic nitrogens is 1. The van der Waals surface area contributed by atoms with Crippen LogP contribution in [0.2, 0.25) is 0 Å². The first kappa shape index (κ1) is 19.2. The second-order valence-electron chi connectivity index (χ2n) is 6.88. The van der Waals surface area contributed by atoms with E-state index in [4.69, 9.17) is 9.26 Å². The van der Waals surface area contributed by atoms with Crippen LogP contribution in [0.4, 0.5) is 4.39 Å². The second kappa shape index (κ2) is 9.34. The van der Waals surface area contributed by atoms with Gasteiger partial charge in [0.15, 0.2) is 5.58 Å². The van der Waals surface area contributed by atoms with E-state index in [1.807, 2.05) is 30.3 Å². The van der Waals surface area contributed by atoms with Crippen LogP contribution < -0.4 is 10.1 Å². The maximum Gasteiger partial charge on any atom is 0.170 e. The Morgan fingerprint density at radius 2 is 1.76 bits per heavy atom. The molecule has 1 aromatic heterocycles. The summed E-state index contributed by atoms with van der Waals surface area (Å²) in [4.78, 5) is 0. The molecule has 1 N–H and O–H groups in total. The number of hydrogen-bond acceptors (Lipinski definition) is 4. The van der Waals surface area contributed by atoms with Gasteiger partial charge in [0.1, 0.15) is 17.3 Å². The molecule has 0 atom stereocenters. The standard InChI is InChI=1S/C24H23FN2O2/c25-20-9-12-22-23(17-20)29-27-24(22)19-7-10-21(11-8-19)28-16-4-14-26-15-13-18-5-2-1-3-6-18/h1-3,5-12,17,26H,4,13-16H2. The molecular formula is C24H23FN2O2. The zero-order chi connectivity index (χ0) is 19.9. The summed E-state index contributed by atoms with van der Waals surface area (Å²) >= 11 is 0. The van der Waals surface area contributed by atoms with Gasteiger partial charge in [0.25, 0.3) is 0 Å². The number of nitrogens with one attached hydrogen (secondary N) is 1. The van der Waals surface area contributed by atoms with Crippen LogP contribution in [-0.4, -0.2) is 24.9 Å². The Morgan fingerprint density at radius 3 is 2.59 bits per heavy atom. The van der Waals surface area contributed by atoms with Crippen molar-refractivity contribution in [3.8, 4) is 17.0 Å². The van der Waals surface area contributed by atoms with Crippen molar-refractivity contribution in [1.82, 2.24) is 10.5 Å². The van der Waals surface area contributed by atoms with Crippen LogP contribution in [0.5, 0.6) is 5.75 Å². The molecule has 0 saturated heterocycles. The molecule has 0 radical (unpaired) electrons. The maximum atomic E-state index is 13.3. The minimum absolute atomic E-state index is 0.335. The van der Waals surface area contributed by atoms with Gasteiger partial charge in [-0.1, -0.05) is 35.5 Å². The van der Waals surface area contributed by atoms with E-state index >= 15 is 0 Å². The van der Waals surface area contributed by atoms with Crippen LogP contribution in [0.1, 0.15) is 12.0 Å². The Morgan fingerprint density at radius 1 is 0.931 bits per heavy atom. The van der Waals surface area contributed by atoms with E-state index in [1.54, 1.807) is 6.07 Å². The molecule has 1 heterocycles. The van der Waals surface area contributed by atoms with Crippen molar-refractivity contribution in [2.75, 3.05) is 19.7 Å². The number of nitrogens with zero attached hydrogens (tertiary/aromatic N) is 1. The second-order valence-corrected chi connectivity index (χ2v) is 6.88. The van der Waals surface area contributed by atoms with Gasteiger partial charge in [-0.25, -0.2) is 4.39 Å². The first-order chi connectivity index (χ1) is 14.3. The van der Waals surface area contributed by atoms with Gasteiger partial charge in [0.05, 0.1) is 6.61 Å². The molecule has 4 rings (SSSR count). The van der Waals surface area contributed by atoms with E-state index in [1.165, 1.54) is 17.7 Å². The van der Waals surface area contributed by atoms with Gasteiger partial charge in [-0.05, 0) is 67.9 Å². The number of rotatable bonds is 9. The molecule has 29 heavy (non-hydrogen) atoms. The molecule has 0 amide bonds. The van der Waals surface area contributed by atoms with Crippen molar-refractivity contribution in [2.45, 2.75) is 12.8 Å². The lowest BCUT2D eigenvalue weighted by Gasteiger charge is -2.08. The van der Waals surface area contributed by atoms with Crippen LogP contribution in [0.3, 0.4) is 0 Å². The largest absolute Gasteiger partial charge is 0.494 e. The fraction of sp³-hybridized carbons (Fsp3) is 0.208. The van der Waals surface area contributed by atoms with Gasteiger partial charge in [-0.15, -0.1) is 0 Å². The number of hydrogen-bond donors (Lipinski definition) is 1. The molecule has 0 aliphatic carbocycles. The molecule has 3 aromatic carbocycles. The highest BCUT2D eigenvalue weighted by Crippen LogP contribution is 2.29. The van der Waals surface area contributed by atoms with E-state index in [-0.39, 0.29) is 5.82 Å². The highest BCUT2D eigenvalue weighted by Gasteiger charge is 2.11. The summed E-state index contributed by atoms with van der Waals surface area (Å²) in [6.07, 6.45) is 1.97. The van der Waals surface area contributed by atoms with Crippen LogP contribution in [0.25, 0.3) is 22.2 Å². The molecule has 0 bridgehead atoms. The van der Waals surface area contributed by atoms with E-state index in [0.717, 1.165) is 42.6 Å². The Kier molecular flexibility index (Phi) is 6.17. The smallest absolute Gasteiger partial charge is 0.170 e. The summed E-state index contributed by atoms with van der Waals surface area (Å²) in [6.45, 7) is 2.55. The van der Waals surface area contributed by atoms with Crippen molar-refractivity contribution in [1.29, 1.82) is 0 Å². The topological polar surface area (TPSA) is 47.3 Å². The van der Waals surface area contributed by atoms with Crippen LogP contribution in [0, 0.1) is 5.82 Å². The van der Waals surface area contributed by atoms with Crippen LogP contribution in [-0.2, 0) is 6.42 Å². The highest BCUT2D eigenvalue weighted by molar-refractivity contribution is 5.91. The van der Waals surface area contributed by atoms with Crippen LogP contribution in [0.15, 0.2) is 77.3 Å². The van der Waals surface area contributed by atoms with Gasteiger partial charge < -0.3 is 14.6 Å². The molecule has 0 saturated carbocycles. The molecule has 0 aliphatic heterocycles. The van der Waals surface area contributed by atoms with E-state index in [2.05, 4.69) is 34.7 Å². The fourth-order valence-electron chi connectivity index (χ4n) is 3.22. The van der Waals surface area contributed by atoms with Crippen LogP contribution >= 0.6 is 0 Å². The maximum absolute atomic E-state index is 13.3. The summed E-state index contributed by atoms with van der Waals surface area (Å²) in [5, 5.41) is 8.31. The predicted octanol–water partition coefficient (Wildman–Crippen LogP) is 5.24. The number of ether oxygens (including phenoxy) is 1. The Labute approximate surface area is 169 Å². The van der Waals surface area contributed by atoms with E-state index in [9.17, 15) is 4.39 Å². The van der Waals surface area contributed by atoms with Crippen molar-refractivity contribution in [3.05, 3.63) is 84.2 Å². The van der Waals surface area contributed by atoms with Crippen molar-refractivity contribution in [3.63, 3.8) is 0 Å². The molecule has 4 nitrogen and oxygen atoms in total. The number of fused-ring (bicyclic) bond motifs is 1. The van der Waals surface area contributed by atoms with Crippen molar-refractivity contribution >= 4 is 11.0 Å². The lowest BCUT2D eigenvalue weighted by Crippen LogP contribution is -2.20. The Bertz CT molecular complexity index is 1050. The minimum Gasteiger partial charge on any atom is -0.494 e. The van der Waals surface area contributed by atoms with Gasteiger partial charge in [0.2, 0.25) is 0 Å². The molecule has 0 fully saturated rings. The molecule has 0 unspecified atom stereocenters. The van der Waals surface area contributed by atoms with Crippen molar-refractivity contribution in [2.24, 2.45) is 0 Å². The summed E-state index contributed by atoms with van der Waals surface area (Å²) in [5.74, 6) is 0.482. The summed E-state index contributed by atoms with van der Waals surface area (Å²) in [6, 6.07) is 22.6. The molecule has 0 aliphatic rings. The monoisotopic (exact) mass is 390 g/mol. The average Bonchev–Trinajstić information content (AvgIpc) is 3.17. The molecule has 4 aromatic rings. The summed E-state index contributed by atoms with van der Waals surface area (Å²) in [7, 11) is 0. The Balaban J connectivity index is 1.21. The first-order valence-corrected chi connectivity index (χ1v) is 9.82. The summed E-state index contributed by atoms with van der Waals surface area (Å²) in [5.41, 5.74) is 3.40. The predicted molar refractivity (Wildman–Crippen MR) is 113 cm³/mol. The molecule has 148 valence electrons. The zero-order valence-corrected chi connectivity index (χ0v) is 16.1. The SMILES string of the molecule is Fc1ccc2c(-c3ccc(OCCCNCCc4ccccc4)cc3)noc2c1. The lowest BCUT2D eigenvalue weighted by molar-refractivity contribution is 0.308. The third-order valence-corrected chi connectivity index (χ3v) is 4.76. The first-order valence-electron chi connectivity index (χ1n) is 9.82. The number of halogens is 1. The van der Waals surface area contributed by atoms with Crippen molar-refractivity contribution < 1.29 is 13.7 Å². The normalized spacial score (nSPS) is 11.1. The average molecular weight is 390 g/mol. The quantitative estimate of drug-likeness (QED) is 0.397. The fourth-order valence-corrected chi connectivity index (χ4v) is 3.22. The van der Waals surface area contributed by atoms with Gasteiger partial charge >= 0.3 is 0 Å². The molecule has 5 heteroatoms. The molecule has 0 spiro atoms. The number of benzene rings is 3. The zero-order valence-electron chi connectivity index (χ0n) is 16.1. The van der Waals surface area contributed by atoms with Gasteiger partial charge in [-0.2, -0.15) is 0 Å². The molecular weight excluding hydrogens is 367 g/mol. The third kappa shape index (κ3) is 5.00. The minimum atomic E-state index is -0.335. The van der Waals surface area contributed by atoms with E-state index < -0.39 is 0 Å². The third-order valence-electron chi connectivity index (χ3n) is 4.76. The van der Waals surface area contributed by atoms with Gasteiger partial charge in [-0.3, -0.25) is 0 Å². The Hall–Kier alpha value is -3.18. The van der Waals surface area contributed by atoms with Gasteiger partial charge in [0, 0.05) is 17.0 Å². The lowest BCUT2D eigenvalue weighted by atomic mass is 10.1. The highest BCUT2D eigenvalue weighted by atomic mass is 19.1.